The minimum atomic E-state index is -0.241. The van der Waals surface area contributed by atoms with Gasteiger partial charge in [-0.05, 0) is 0 Å². The second-order valence-electron chi connectivity index (χ2n) is 2.87. The third kappa shape index (κ3) is 7.26. The smallest absolute Gasteiger partial charge is 0.248 e. The molecule has 90 valence electrons. The summed E-state index contributed by atoms with van der Waals surface area (Å²) in [6, 6.07) is 0. The molecule has 0 fully saturated rings. The first-order valence-electron chi connectivity index (χ1n) is 4.82. The molecule has 0 bridgehead atoms. The molecule has 0 aliphatic heterocycles. The molecule has 0 atom stereocenters. The van der Waals surface area contributed by atoms with Crippen molar-refractivity contribution in [1.29, 1.82) is 0 Å². The summed E-state index contributed by atoms with van der Waals surface area (Å²) in [7, 11) is 1.55. The maximum Gasteiger partial charge on any atom is 0.248 e. The van der Waals surface area contributed by atoms with E-state index in [-0.39, 0.29) is 38.8 Å². The fourth-order valence-corrected chi connectivity index (χ4v) is 0.996. The number of aliphatic hydroxyl groups is 2. The van der Waals surface area contributed by atoms with Crippen molar-refractivity contribution in [3.63, 3.8) is 0 Å². The van der Waals surface area contributed by atoms with E-state index >= 15 is 0 Å². The second-order valence-corrected chi connectivity index (χ2v) is 2.87. The van der Waals surface area contributed by atoms with Crippen molar-refractivity contribution in [2.45, 2.75) is 0 Å². The van der Waals surface area contributed by atoms with Crippen LogP contribution in [-0.2, 0) is 14.3 Å². The van der Waals surface area contributed by atoms with Gasteiger partial charge in [0.1, 0.15) is 6.61 Å². The summed E-state index contributed by atoms with van der Waals surface area (Å²) in [5, 5.41) is 17.4. The molecule has 6 heteroatoms. The maximum absolute atomic E-state index is 11.4. The molecule has 1 amide bonds. The number of ether oxygens (including phenoxy) is 2. The van der Waals surface area contributed by atoms with E-state index in [1.807, 2.05) is 0 Å². The summed E-state index contributed by atoms with van der Waals surface area (Å²) >= 11 is 0. The van der Waals surface area contributed by atoms with E-state index in [9.17, 15) is 4.79 Å². The van der Waals surface area contributed by atoms with Crippen molar-refractivity contribution >= 4 is 5.91 Å². The van der Waals surface area contributed by atoms with Gasteiger partial charge in [-0.2, -0.15) is 0 Å². The molecular formula is C9H19NO5. The quantitative estimate of drug-likeness (QED) is 0.461. The van der Waals surface area contributed by atoms with E-state index < -0.39 is 0 Å². The number of methoxy groups -OCH3 is 1. The lowest BCUT2D eigenvalue weighted by Gasteiger charge is -2.20. The zero-order valence-electron chi connectivity index (χ0n) is 9.02. The van der Waals surface area contributed by atoms with E-state index in [1.165, 1.54) is 4.90 Å². The molecule has 15 heavy (non-hydrogen) atoms. The van der Waals surface area contributed by atoms with E-state index in [1.54, 1.807) is 7.11 Å². The predicted octanol–water partition coefficient (Wildman–Crippen LogP) is -1.54. The molecule has 0 aliphatic rings. The summed E-state index contributed by atoms with van der Waals surface area (Å²) in [6.45, 7) is 0.929. The first-order valence-corrected chi connectivity index (χ1v) is 4.82. The second kappa shape index (κ2) is 9.85. The molecule has 0 aliphatic carbocycles. The van der Waals surface area contributed by atoms with Gasteiger partial charge in [0.25, 0.3) is 0 Å². The number of hydrogen-bond acceptors (Lipinski definition) is 5. The minimum Gasteiger partial charge on any atom is -0.395 e. The van der Waals surface area contributed by atoms with Gasteiger partial charge in [-0.25, -0.2) is 0 Å². The van der Waals surface area contributed by atoms with Gasteiger partial charge >= 0.3 is 0 Å². The fourth-order valence-electron chi connectivity index (χ4n) is 0.996. The molecule has 0 aromatic rings. The Morgan fingerprint density at radius 3 is 2.27 bits per heavy atom. The number of carbonyl (C=O) groups excluding carboxylic acids is 1. The Labute approximate surface area is 89.4 Å². The molecule has 0 aromatic heterocycles. The molecule has 0 saturated heterocycles. The van der Waals surface area contributed by atoms with Crippen molar-refractivity contribution in [3.05, 3.63) is 0 Å². The van der Waals surface area contributed by atoms with Crippen LogP contribution in [0.3, 0.4) is 0 Å². The number of carbonyl (C=O) groups is 1. The summed E-state index contributed by atoms with van der Waals surface area (Å²) in [4.78, 5) is 12.8. The number of nitrogens with zero attached hydrogens (tertiary/aromatic N) is 1. The highest BCUT2D eigenvalue weighted by atomic mass is 16.5. The Morgan fingerprint density at radius 1 is 1.20 bits per heavy atom. The standard InChI is InChI=1S/C9H19NO5/c1-14-6-7-15-8-9(13)10(2-4-11)3-5-12/h11-12H,2-8H2,1H3. The Kier molecular flexibility index (Phi) is 9.40. The van der Waals surface area contributed by atoms with Gasteiger partial charge in [0, 0.05) is 20.2 Å². The van der Waals surface area contributed by atoms with E-state index in [0.29, 0.717) is 13.2 Å². The van der Waals surface area contributed by atoms with Crippen LogP contribution in [0.2, 0.25) is 0 Å². The highest BCUT2D eigenvalue weighted by Crippen LogP contribution is 1.90. The van der Waals surface area contributed by atoms with Crippen molar-refractivity contribution in [3.8, 4) is 0 Å². The molecule has 0 unspecified atom stereocenters. The lowest BCUT2D eigenvalue weighted by atomic mass is 10.4. The summed E-state index contributed by atoms with van der Waals surface area (Å²) in [6.07, 6.45) is 0. The van der Waals surface area contributed by atoms with Crippen molar-refractivity contribution in [1.82, 2.24) is 4.90 Å². The summed E-state index contributed by atoms with van der Waals surface area (Å²) in [5.74, 6) is -0.241. The van der Waals surface area contributed by atoms with Crippen LogP contribution in [0, 0.1) is 0 Å². The first kappa shape index (κ1) is 14.3. The van der Waals surface area contributed by atoms with Crippen LogP contribution in [0.15, 0.2) is 0 Å². The number of hydrogen-bond donors (Lipinski definition) is 2. The average Bonchev–Trinajstić information content (AvgIpc) is 2.24. The first-order chi connectivity index (χ1) is 7.26. The number of amides is 1. The van der Waals surface area contributed by atoms with Gasteiger partial charge in [0.05, 0.1) is 26.4 Å². The van der Waals surface area contributed by atoms with Gasteiger partial charge in [0.2, 0.25) is 5.91 Å². The maximum atomic E-state index is 11.4. The predicted molar refractivity (Wildman–Crippen MR) is 53.4 cm³/mol. The number of rotatable bonds is 9. The van der Waals surface area contributed by atoms with Crippen LogP contribution in [0.1, 0.15) is 0 Å². The van der Waals surface area contributed by atoms with Crippen LogP contribution < -0.4 is 0 Å². The molecule has 0 radical (unpaired) electrons. The normalized spacial score (nSPS) is 10.3. The topological polar surface area (TPSA) is 79.2 Å². The van der Waals surface area contributed by atoms with Crippen LogP contribution in [0.5, 0.6) is 0 Å². The average molecular weight is 221 g/mol. The van der Waals surface area contributed by atoms with E-state index in [0.717, 1.165) is 0 Å². The van der Waals surface area contributed by atoms with E-state index in [4.69, 9.17) is 19.7 Å². The third-order valence-electron chi connectivity index (χ3n) is 1.75. The van der Waals surface area contributed by atoms with Crippen LogP contribution >= 0.6 is 0 Å². The molecular weight excluding hydrogens is 202 g/mol. The van der Waals surface area contributed by atoms with Crippen molar-refractivity contribution in [2.24, 2.45) is 0 Å². The summed E-state index contributed by atoms with van der Waals surface area (Å²) in [5.41, 5.74) is 0. The minimum absolute atomic E-state index is 0.0522. The van der Waals surface area contributed by atoms with Crippen LogP contribution in [-0.4, -0.2) is 74.3 Å². The van der Waals surface area contributed by atoms with Crippen molar-refractivity contribution in [2.75, 3.05) is 53.2 Å². The van der Waals surface area contributed by atoms with Crippen molar-refractivity contribution < 1.29 is 24.5 Å². The Balaban J connectivity index is 3.70. The molecule has 0 rings (SSSR count). The van der Waals surface area contributed by atoms with Crippen LogP contribution in [0.25, 0.3) is 0 Å². The highest BCUT2D eigenvalue weighted by molar-refractivity contribution is 5.77. The third-order valence-corrected chi connectivity index (χ3v) is 1.75. The summed E-state index contributed by atoms with van der Waals surface area (Å²) < 4.78 is 9.78. The lowest BCUT2D eigenvalue weighted by Crippen LogP contribution is -2.38. The largest absolute Gasteiger partial charge is 0.395 e. The van der Waals surface area contributed by atoms with Crippen LogP contribution in [0.4, 0.5) is 0 Å². The van der Waals surface area contributed by atoms with E-state index in [2.05, 4.69) is 0 Å². The Bertz CT molecular complexity index is 159. The highest BCUT2D eigenvalue weighted by Gasteiger charge is 2.11. The van der Waals surface area contributed by atoms with Gasteiger partial charge in [-0.3, -0.25) is 4.79 Å². The molecule has 0 spiro atoms. The van der Waals surface area contributed by atoms with Gasteiger partial charge in [0.15, 0.2) is 0 Å². The lowest BCUT2D eigenvalue weighted by molar-refractivity contribution is -0.137. The molecule has 2 N–H and O–H groups in total. The Morgan fingerprint density at radius 2 is 1.80 bits per heavy atom. The Hall–Kier alpha value is -0.690. The number of aliphatic hydroxyl groups excluding tert-OH is 2. The monoisotopic (exact) mass is 221 g/mol. The molecule has 0 aromatic carbocycles. The SMILES string of the molecule is COCCOCC(=O)N(CCO)CCO. The fraction of sp³-hybridized carbons (Fsp3) is 0.889. The molecule has 6 nitrogen and oxygen atoms in total. The zero-order valence-corrected chi connectivity index (χ0v) is 9.02. The van der Waals surface area contributed by atoms with Gasteiger partial charge < -0.3 is 24.6 Å². The molecule has 0 saturated carbocycles. The van der Waals surface area contributed by atoms with Gasteiger partial charge in [-0.15, -0.1) is 0 Å². The zero-order chi connectivity index (χ0) is 11.5. The molecule has 0 heterocycles. The van der Waals surface area contributed by atoms with Gasteiger partial charge in [-0.1, -0.05) is 0 Å².